The lowest BCUT2D eigenvalue weighted by molar-refractivity contribution is 0.627. The molecule has 0 fully saturated rings. The van der Waals surface area contributed by atoms with E-state index in [2.05, 4.69) is 11.8 Å². The van der Waals surface area contributed by atoms with Crippen LogP contribution in [0.4, 0.5) is 4.39 Å². The lowest BCUT2D eigenvalue weighted by Gasteiger charge is -1.96. The third-order valence-electron chi connectivity index (χ3n) is 2.18. The second-order valence-electron chi connectivity index (χ2n) is 3.51. The molecule has 80 valence electrons. The molecule has 1 aromatic carbocycles. The van der Waals surface area contributed by atoms with Crippen LogP contribution in [0, 0.1) is 24.6 Å². The third kappa shape index (κ3) is 4.14. The Morgan fingerprint density at radius 3 is 2.87 bits per heavy atom. The van der Waals surface area contributed by atoms with Crippen molar-refractivity contribution < 1.29 is 4.39 Å². The van der Waals surface area contributed by atoms with Gasteiger partial charge in [-0.2, -0.15) is 0 Å². The van der Waals surface area contributed by atoms with Gasteiger partial charge in [0.1, 0.15) is 5.82 Å². The minimum absolute atomic E-state index is 0.230. The molecular formula is C13H16FN. The quantitative estimate of drug-likeness (QED) is 0.595. The highest BCUT2D eigenvalue weighted by molar-refractivity contribution is 5.40. The van der Waals surface area contributed by atoms with Gasteiger partial charge in [-0.1, -0.05) is 17.9 Å². The Morgan fingerprint density at radius 2 is 2.13 bits per heavy atom. The molecule has 1 aromatic rings. The van der Waals surface area contributed by atoms with Crippen molar-refractivity contribution in [3.63, 3.8) is 0 Å². The summed E-state index contributed by atoms with van der Waals surface area (Å²) in [5.41, 5.74) is 7.16. The molecule has 0 aliphatic carbocycles. The summed E-state index contributed by atoms with van der Waals surface area (Å²) < 4.78 is 12.9. The summed E-state index contributed by atoms with van der Waals surface area (Å²) in [7, 11) is 0. The highest BCUT2D eigenvalue weighted by Crippen LogP contribution is 2.08. The molecule has 1 rings (SSSR count). The first-order valence-corrected chi connectivity index (χ1v) is 5.19. The van der Waals surface area contributed by atoms with E-state index in [9.17, 15) is 4.39 Å². The van der Waals surface area contributed by atoms with Crippen molar-refractivity contribution in [2.24, 2.45) is 5.73 Å². The molecular weight excluding hydrogens is 189 g/mol. The Morgan fingerprint density at radius 1 is 1.33 bits per heavy atom. The minimum Gasteiger partial charge on any atom is -0.330 e. The van der Waals surface area contributed by atoms with Crippen molar-refractivity contribution in [1.82, 2.24) is 0 Å². The van der Waals surface area contributed by atoms with Gasteiger partial charge in [-0.3, -0.25) is 0 Å². The fraction of sp³-hybridized carbons (Fsp3) is 0.385. The summed E-state index contributed by atoms with van der Waals surface area (Å²) in [4.78, 5) is 0. The molecule has 0 amide bonds. The zero-order valence-corrected chi connectivity index (χ0v) is 9.02. The molecule has 0 spiro atoms. The summed E-state index contributed by atoms with van der Waals surface area (Å²) in [6, 6.07) is 4.68. The minimum atomic E-state index is -0.230. The lowest BCUT2D eigenvalue weighted by Crippen LogP contribution is -1.96. The molecule has 1 nitrogen and oxygen atoms in total. The van der Waals surface area contributed by atoms with Gasteiger partial charge in [0.15, 0.2) is 0 Å². The fourth-order valence-electron chi connectivity index (χ4n) is 1.24. The number of hydrogen-bond donors (Lipinski definition) is 1. The van der Waals surface area contributed by atoms with Crippen LogP contribution < -0.4 is 5.73 Å². The molecule has 0 aliphatic heterocycles. The maximum absolute atomic E-state index is 12.9. The van der Waals surface area contributed by atoms with Gasteiger partial charge in [-0.25, -0.2) is 4.39 Å². The van der Waals surface area contributed by atoms with Crippen molar-refractivity contribution in [2.75, 3.05) is 6.54 Å². The van der Waals surface area contributed by atoms with E-state index in [1.165, 1.54) is 12.1 Å². The Bertz CT molecular complexity index is 374. The van der Waals surface area contributed by atoms with E-state index in [-0.39, 0.29) is 5.82 Å². The smallest absolute Gasteiger partial charge is 0.124 e. The van der Waals surface area contributed by atoms with Crippen molar-refractivity contribution in [2.45, 2.75) is 26.2 Å². The van der Waals surface area contributed by atoms with Crippen LogP contribution in [0.25, 0.3) is 0 Å². The largest absolute Gasteiger partial charge is 0.330 e. The topological polar surface area (TPSA) is 26.0 Å². The van der Waals surface area contributed by atoms with E-state index in [0.717, 1.165) is 30.4 Å². The number of aryl methyl sites for hydroxylation is 1. The Balaban J connectivity index is 2.59. The highest BCUT2D eigenvalue weighted by atomic mass is 19.1. The van der Waals surface area contributed by atoms with Crippen molar-refractivity contribution in [3.05, 3.63) is 35.1 Å². The number of benzene rings is 1. The number of unbranched alkanes of at least 4 members (excludes halogenated alkanes) is 2. The Labute approximate surface area is 90.5 Å². The van der Waals surface area contributed by atoms with Crippen LogP contribution in [0.5, 0.6) is 0 Å². The van der Waals surface area contributed by atoms with Crippen LogP contribution in [0.2, 0.25) is 0 Å². The fourth-order valence-corrected chi connectivity index (χ4v) is 1.24. The van der Waals surface area contributed by atoms with Crippen LogP contribution in [0.15, 0.2) is 18.2 Å². The molecule has 0 aromatic heterocycles. The molecule has 2 heteroatoms. The molecule has 0 saturated heterocycles. The van der Waals surface area contributed by atoms with E-state index in [4.69, 9.17) is 5.73 Å². The lowest BCUT2D eigenvalue weighted by atomic mass is 10.1. The van der Waals surface area contributed by atoms with Crippen LogP contribution in [-0.4, -0.2) is 6.54 Å². The first-order valence-electron chi connectivity index (χ1n) is 5.19. The van der Waals surface area contributed by atoms with Crippen LogP contribution in [0.3, 0.4) is 0 Å². The van der Waals surface area contributed by atoms with Crippen LogP contribution in [-0.2, 0) is 0 Å². The van der Waals surface area contributed by atoms with E-state index in [1.54, 1.807) is 6.07 Å². The van der Waals surface area contributed by atoms with Gasteiger partial charge in [-0.15, -0.1) is 0 Å². The third-order valence-corrected chi connectivity index (χ3v) is 2.18. The maximum atomic E-state index is 12.9. The maximum Gasteiger partial charge on any atom is 0.124 e. The predicted molar refractivity (Wildman–Crippen MR) is 60.9 cm³/mol. The van der Waals surface area contributed by atoms with Gasteiger partial charge in [0.25, 0.3) is 0 Å². The standard InChI is InChI=1S/C13H16FN/c1-11-7-8-13(14)10-12(11)6-4-2-3-5-9-15/h7-8,10H,2-3,5,9,15H2,1H3. The summed E-state index contributed by atoms with van der Waals surface area (Å²) in [6.07, 6.45) is 2.84. The first-order chi connectivity index (χ1) is 7.24. The highest BCUT2D eigenvalue weighted by Gasteiger charge is 1.95. The van der Waals surface area contributed by atoms with Crippen molar-refractivity contribution in [1.29, 1.82) is 0 Å². The predicted octanol–water partition coefficient (Wildman–Crippen LogP) is 2.61. The van der Waals surface area contributed by atoms with E-state index in [0.29, 0.717) is 6.54 Å². The van der Waals surface area contributed by atoms with Gasteiger partial charge < -0.3 is 5.73 Å². The first kappa shape index (κ1) is 11.7. The Kier molecular flexibility index (Phi) is 4.86. The molecule has 0 atom stereocenters. The molecule has 2 N–H and O–H groups in total. The van der Waals surface area contributed by atoms with Gasteiger partial charge in [0, 0.05) is 12.0 Å². The summed E-state index contributed by atoms with van der Waals surface area (Å²) >= 11 is 0. The molecule has 0 bridgehead atoms. The summed E-state index contributed by atoms with van der Waals surface area (Å²) in [5.74, 6) is 5.78. The molecule has 15 heavy (non-hydrogen) atoms. The average Bonchev–Trinajstić information content (AvgIpc) is 2.23. The number of rotatable bonds is 3. The molecule has 0 unspecified atom stereocenters. The Hall–Kier alpha value is -1.33. The average molecular weight is 205 g/mol. The van der Waals surface area contributed by atoms with E-state index in [1.807, 2.05) is 6.92 Å². The molecule has 0 radical (unpaired) electrons. The zero-order chi connectivity index (χ0) is 11.1. The van der Waals surface area contributed by atoms with Crippen molar-refractivity contribution >= 4 is 0 Å². The summed E-state index contributed by atoms with van der Waals surface area (Å²) in [5, 5.41) is 0. The van der Waals surface area contributed by atoms with Gasteiger partial charge >= 0.3 is 0 Å². The van der Waals surface area contributed by atoms with Crippen molar-refractivity contribution in [3.8, 4) is 11.8 Å². The zero-order valence-electron chi connectivity index (χ0n) is 9.02. The van der Waals surface area contributed by atoms with Gasteiger partial charge in [0.05, 0.1) is 0 Å². The van der Waals surface area contributed by atoms with Gasteiger partial charge in [0.2, 0.25) is 0 Å². The molecule has 0 saturated carbocycles. The van der Waals surface area contributed by atoms with Crippen LogP contribution in [0.1, 0.15) is 30.4 Å². The molecule has 0 aliphatic rings. The number of hydrogen-bond acceptors (Lipinski definition) is 1. The van der Waals surface area contributed by atoms with E-state index >= 15 is 0 Å². The molecule has 0 heterocycles. The second kappa shape index (κ2) is 6.21. The normalized spacial score (nSPS) is 9.53. The number of halogens is 1. The van der Waals surface area contributed by atoms with Gasteiger partial charge in [-0.05, 0) is 44.0 Å². The monoisotopic (exact) mass is 205 g/mol. The SMILES string of the molecule is Cc1ccc(F)cc1C#CCCCCN. The van der Waals surface area contributed by atoms with E-state index < -0.39 is 0 Å². The number of nitrogens with two attached hydrogens (primary N) is 1. The summed E-state index contributed by atoms with van der Waals surface area (Å²) in [6.45, 7) is 2.64. The second-order valence-corrected chi connectivity index (χ2v) is 3.51. The van der Waals surface area contributed by atoms with Crippen LogP contribution >= 0.6 is 0 Å².